The van der Waals surface area contributed by atoms with Crippen molar-refractivity contribution in [3.05, 3.63) is 42.3 Å². The van der Waals surface area contributed by atoms with Gasteiger partial charge in [-0.05, 0) is 25.5 Å². The fraction of sp³-hybridized carbons (Fsp3) is 0.333. The summed E-state index contributed by atoms with van der Waals surface area (Å²) in [4.78, 5) is 33.3. The number of carbonyl (C=O) groups is 3. The Morgan fingerprint density at radius 3 is 2.58 bits per heavy atom. The van der Waals surface area contributed by atoms with Crippen LogP contribution >= 0.6 is 0 Å². The SMILES string of the molecule is CC(CC(=O)C[CH]CC=O)OC(=O)c1ccccc1. The summed E-state index contributed by atoms with van der Waals surface area (Å²) < 4.78 is 5.17. The minimum Gasteiger partial charge on any atom is -0.459 e. The summed E-state index contributed by atoms with van der Waals surface area (Å²) in [5.74, 6) is -0.479. The molecule has 0 aliphatic heterocycles. The fourth-order valence-electron chi connectivity index (χ4n) is 1.58. The smallest absolute Gasteiger partial charge is 0.338 e. The van der Waals surface area contributed by atoms with Crippen LogP contribution in [0.5, 0.6) is 0 Å². The second-order valence-corrected chi connectivity index (χ2v) is 4.22. The first-order valence-corrected chi connectivity index (χ1v) is 6.16. The van der Waals surface area contributed by atoms with Gasteiger partial charge in [0.1, 0.15) is 18.2 Å². The highest BCUT2D eigenvalue weighted by molar-refractivity contribution is 5.89. The lowest BCUT2D eigenvalue weighted by atomic mass is 10.1. The molecule has 0 saturated carbocycles. The molecule has 4 heteroatoms. The van der Waals surface area contributed by atoms with Gasteiger partial charge in [-0.2, -0.15) is 0 Å². The molecule has 0 spiro atoms. The molecule has 4 nitrogen and oxygen atoms in total. The molecule has 1 atom stereocenters. The number of Topliss-reactive ketones (excluding diaryl/α,β-unsaturated/α-hetero) is 1. The van der Waals surface area contributed by atoms with Crippen LogP contribution in [0.15, 0.2) is 30.3 Å². The van der Waals surface area contributed by atoms with E-state index in [0.717, 1.165) is 6.29 Å². The molecule has 1 aromatic carbocycles. The van der Waals surface area contributed by atoms with Crippen molar-refractivity contribution in [3.63, 3.8) is 0 Å². The van der Waals surface area contributed by atoms with Gasteiger partial charge in [0.05, 0.1) is 5.56 Å². The van der Waals surface area contributed by atoms with Crippen molar-refractivity contribution < 1.29 is 19.1 Å². The number of ether oxygens (including phenoxy) is 1. The normalized spacial score (nSPS) is 11.6. The zero-order valence-corrected chi connectivity index (χ0v) is 10.9. The maximum Gasteiger partial charge on any atom is 0.338 e. The summed E-state index contributed by atoms with van der Waals surface area (Å²) in [6.07, 6.45) is 2.54. The molecular formula is C15H17O4. The Balaban J connectivity index is 2.34. The monoisotopic (exact) mass is 261 g/mol. The molecule has 1 aromatic rings. The minimum absolute atomic E-state index is 0.0461. The number of ketones is 1. The fourth-order valence-corrected chi connectivity index (χ4v) is 1.58. The molecule has 0 aliphatic carbocycles. The van der Waals surface area contributed by atoms with Crippen LogP contribution in [-0.2, 0) is 14.3 Å². The van der Waals surface area contributed by atoms with E-state index < -0.39 is 12.1 Å². The molecule has 1 unspecified atom stereocenters. The largest absolute Gasteiger partial charge is 0.459 e. The summed E-state index contributed by atoms with van der Waals surface area (Å²) in [7, 11) is 0. The zero-order chi connectivity index (χ0) is 14.1. The number of aldehydes is 1. The van der Waals surface area contributed by atoms with Gasteiger partial charge in [0.2, 0.25) is 0 Å². The predicted molar refractivity (Wildman–Crippen MR) is 70.5 cm³/mol. The van der Waals surface area contributed by atoms with Crippen molar-refractivity contribution >= 4 is 18.0 Å². The highest BCUT2D eigenvalue weighted by atomic mass is 16.5. The second-order valence-electron chi connectivity index (χ2n) is 4.22. The van der Waals surface area contributed by atoms with Crippen molar-refractivity contribution in [2.75, 3.05) is 0 Å². The summed E-state index contributed by atoms with van der Waals surface area (Å²) in [6.45, 7) is 1.68. The van der Waals surface area contributed by atoms with Gasteiger partial charge in [0.25, 0.3) is 0 Å². The molecular weight excluding hydrogens is 244 g/mol. The van der Waals surface area contributed by atoms with Gasteiger partial charge in [-0.25, -0.2) is 4.79 Å². The first kappa shape index (κ1) is 15.1. The van der Waals surface area contributed by atoms with Gasteiger partial charge >= 0.3 is 5.97 Å². The Hall–Kier alpha value is -1.97. The summed E-state index contributed by atoms with van der Waals surface area (Å²) in [6, 6.07) is 8.64. The van der Waals surface area contributed by atoms with Crippen molar-refractivity contribution in [2.24, 2.45) is 0 Å². The Morgan fingerprint density at radius 2 is 1.95 bits per heavy atom. The second kappa shape index (κ2) is 8.19. The highest BCUT2D eigenvalue weighted by Gasteiger charge is 2.14. The molecule has 0 bridgehead atoms. The summed E-state index contributed by atoms with van der Waals surface area (Å²) >= 11 is 0. The van der Waals surface area contributed by atoms with Crippen molar-refractivity contribution in [1.82, 2.24) is 0 Å². The van der Waals surface area contributed by atoms with E-state index in [-0.39, 0.29) is 25.0 Å². The Kier molecular flexibility index (Phi) is 6.50. The van der Waals surface area contributed by atoms with E-state index in [2.05, 4.69) is 0 Å². The van der Waals surface area contributed by atoms with Gasteiger partial charge in [-0.1, -0.05) is 18.2 Å². The number of unbranched alkanes of at least 4 members (excludes halogenated alkanes) is 1. The molecule has 1 radical (unpaired) electrons. The molecule has 0 N–H and O–H groups in total. The van der Waals surface area contributed by atoms with Gasteiger partial charge in [0, 0.05) is 19.3 Å². The lowest BCUT2D eigenvalue weighted by Gasteiger charge is -2.12. The highest BCUT2D eigenvalue weighted by Crippen LogP contribution is 2.08. The third-order valence-electron chi connectivity index (χ3n) is 2.47. The maximum atomic E-state index is 11.7. The topological polar surface area (TPSA) is 60.4 Å². The maximum absolute atomic E-state index is 11.7. The third kappa shape index (κ3) is 5.95. The van der Waals surface area contributed by atoms with E-state index in [9.17, 15) is 14.4 Å². The Bertz CT molecular complexity index is 425. The molecule has 0 saturated heterocycles. The van der Waals surface area contributed by atoms with E-state index in [1.807, 2.05) is 6.07 Å². The number of carbonyl (C=O) groups excluding carboxylic acids is 3. The van der Waals surface area contributed by atoms with Crippen molar-refractivity contribution in [1.29, 1.82) is 0 Å². The van der Waals surface area contributed by atoms with Crippen molar-refractivity contribution in [3.8, 4) is 0 Å². The number of hydrogen-bond donors (Lipinski definition) is 0. The average molecular weight is 261 g/mol. The number of benzene rings is 1. The summed E-state index contributed by atoms with van der Waals surface area (Å²) in [5.41, 5.74) is 0.467. The van der Waals surface area contributed by atoms with Gasteiger partial charge < -0.3 is 9.53 Å². The molecule has 1 rings (SSSR count). The molecule has 19 heavy (non-hydrogen) atoms. The third-order valence-corrected chi connectivity index (χ3v) is 2.47. The van der Waals surface area contributed by atoms with Crippen LogP contribution in [0.2, 0.25) is 0 Å². The zero-order valence-electron chi connectivity index (χ0n) is 10.9. The quantitative estimate of drug-likeness (QED) is 0.409. The van der Waals surface area contributed by atoms with Crippen LogP contribution in [0.4, 0.5) is 0 Å². The number of rotatable bonds is 8. The van der Waals surface area contributed by atoms with E-state index in [0.29, 0.717) is 5.56 Å². The molecule has 0 heterocycles. The van der Waals surface area contributed by atoms with Crippen LogP contribution in [0.25, 0.3) is 0 Å². The van der Waals surface area contributed by atoms with E-state index >= 15 is 0 Å². The minimum atomic E-state index is -0.468. The Labute approximate surface area is 112 Å². The lowest BCUT2D eigenvalue weighted by Crippen LogP contribution is -2.18. The van der Waals surface area contributed by atoms with Gasteiger partial charge in [-0.15, -0.1) is 0 Å². The molecule has 0 fully saturated rings. The average Bonchev–Trinajstić information content (AvgIpc) is 2.39. The molecule has 101 valence electrons. The lowest BCUT2D eigenvalue weighted by molar-refractivity contribution is -0.120. The van der Waals surface area contributed by atoms with Crippen LogP contribution in [0.1, 0.15) is 36.5 Å². The van der Waals surface area contributed by atoms with E-state index in [4.69, 9.17) is 4.74 Å². The predicted octanol–water partition coefficient (Wildman–Crippen LogP) is 2.37. The van der Waals surface area contributed by atoms with Crippen LogP contribution < -0.4 is 0 Å². The Morgan fingerprint density at radius 1 is 1.26 bits per heavy atom. The first-order valence-electron chi connectivity index (χ1n) is 6.16. The van der Waals surface area contributed by atoms with Crippen LogP contribution in [-0.4, -0.2) is 24.1 Å². The van der Waals surface area contributed by atoms with Crippen LogP contribution in [0, 0.1) is 6.42 Å². The van der Waals surface area contributed by atoms with E-state index in [1.165, 1.54) is 0 Å². The standard InChI is InChI=1S/C15H17O4/c1-12(11-14(17)9-5-6-10-16)19-15(18)13-7-3-2-4-8-13/h2-5,7-8,10,12H,6,9,11H2,1H3. The van der Waals surface area contributed by atoms with Crippen molar-refractivity contribution in [2.45, 2.75) is 32.3 Å². The molecule has 0 amide bonds. The van der Waals surface area contributed by atoms with Gasteiger partial charge in [-0.3, -0.25) is 4.79 Å². The van der Waals surface area contributed by atoms with E-state index in [1.54, 1.807) is 37.6 Å². The number of hydrogen-bond acceptors (Lipinski definition) is 4. The molecule has 0 aliphatic rings. The first-order chi connectivity index (χ1) is 9.13. The van der Waals surface area contributed by atoms with Crippen LogP contribution in [0.3, 0.4) is 0 Å². The molecule has 0 aromatic heterocycles. The summed E-state index contributed by atoms with van der Waals surface area (Å²) in [5, 5.41) is 0. The van der Waals surface area contributed by atoms with Gasteiger partial charge in [0.15, 0.2) is 0 Å². The number of esters is 1.